The molecular formula is C28H28F2N2O4. The molecule has 2 heterocycles. The summed E-state index contributed by atoms with van der Waals surface area (Å²) in [5.41, 5.74) is 1.83. The molecule has 2 aromatic rings. The molecule has 4 rings (SSSR count). The molecule has 0 unspecified atom stereocenters. The van der Waals surface area contributed by atoms with Crippen LogP contribution < -0.4 is 0 Å². The summed E-state index contributed by atoms with van der Waals surface area (Å²) < 4.78 is 25.0. The quantitative estimate of drug-likeness (QED) is 0.340. The number of unbranched alkanes of at least 4 members (excludes halogenated alkanes) is 2. The van der Waals surface area contributed by atoms with E-state index >= 15 is 0 Å². The number of imide groups is 2. The Morgan fingerprint density at radius 3 is 1.14 bits per heavy atom. The summed E-state index contributed by atoms with van der Waals surface area (Å²) in [5, 5.41) is 0. The van der Waals surface area contributed by atoms with Gasteiger partial charge in [-0.2, -0.15) is 0 Å². The normalized spacial score (nSPS) is 15.2. The lowest BCUT2D eigenvalue weighted by Gasteiger charge is -2.12. The van der Waals surface area contributed by atoms with Gasteiger partial charge in [0.2, 0.25) is 0 Å². The highest BCUT2D eigenvalue weighted by Crippen LogP contribution is 2.23. The maximum absolute atomic E-state index is 12.5. The van der Waals surface area contributed by atoms with Gasteiger partial charge in [0, 0.05) is 13.1 Å². The van der Waals surface area contributed by atoms with Crippen LogP contribution in [0.25, 0.3) is 0 Å². The molecule has 2 aliphatic rings. The monoisotopic (exact) mass is 494 g/mol. The van der Waals surface area contributed by atoms with Crippen LogP contribution >= 0.6 is 0 Å². The molecule has 0 N–H and O–H groups in total. The van der Waals surface area contributed by atoms with Crippen molar-refractivity contribution >= 4 is 23.6 Å². The van der Waals surface area contributed by atoms with E-state index in [2.05, 4.69) is 0 Å². The molecule has 8 heteroatoms. The molecule has 0 aliphatic carbocycles. The fraction of sp³-hybridized carbons (Fsp3) is 0.286. The molecule has 6 nitrogen and oxygen atoms in total. The van der Waals surface area contributed by atoms with Crippen molar-refractivity contribution in [3.05, 3.63) is 94.6 Å². The molecule has 0 fully saturated rings. The van der Waals surface area contributed by atoms with Gasteiger partial charge in [0.05, 0.1) is 33.9 Å². The number of hydrogen-bond donors (Lipinski definition) is 0. The van der Waals surface area contributed by atoms with Crippen LogP contribution in [-0.4, -0.2) is 46.5 Å². The zero-order valence-corrected chi connectivity index (χ0v) is 20.3. The van der Waals surface area contributed by atoms with E-state index in [0.29, 0.717) is 61.0 Å². The number of amides is 4. The first kappa shape index (κ1) is 26.7. The average Bonchev–Trinajstić information content (AvgIpc) is 3.25. The van der Waals surface area contributed by atoms with Crippen LogP contribution in [0.4, 0.5) is 8.78 Å². The second-order valence-electron chi connectivity index (χ2n) is 8.48. The summed E-state index contributed by atoms with van der Waals surface area (Å²) in [7, 11) is 0. The third-order valence-corrected chi connectivity index (χ3v) is 5.78. The molecule has 2 aliphatic heterocycles. The Kier molecular flexibility index (Phi) is 9.00. The number of hydrogen-bond acceptors (Lipinski definition) is 4. The molecular weight excluding hydrogens is 466 g/mol. The van der Waals surface area contributed by atoms with Crippen LogP contribution in [0.2, 0.25) is 0 Å². The highest BCUT2D eigenvalue weighted by Gasteiger charge is 2.35. The second kappa shape index (κ2) is 12.2. The van der Waals surface area contributed by atoms with E-state index in [-0.39, 0.29) is 35.3 Å². The molecule has 0 radical (unpaired) electrons. The molecule has 0 bridgehead atoms. The van der Waals surface area contributed by atoms with E-state index in [1.54, 1.807) is 48.5 Å². The number of halogens is 2. The smallest absolute Gasteiger partial charge is 0.261 e. The van der Waals surface area contributed by atoms with Gasteiger partial charge in [-0.3, -0.25) is 29.0 Å². The predicted octanol–water partition coefficient (Wildman–Crippen LogP) is 5.87. The topological polar surface area (TPSA) is 74.8 Å². The van der Waals surface area contributed by atoms with Gasteiger partial charge < -0.3 is 0 Å². The minimum atomic E-state index is -0.253. The summed E-state index contributed by atoms with van der Waals surface area (Å²) in [6.45, 7) is 3.41. The molecule has 0 spiro atoms. The lowest BCUT2D eigenvalue weighted by molar-refractivity contribution is 0.0637. The molecule has 0 atom stereocenters. The summed E-state index contributed by atoms with van der Waals surface area (Å²) in [4.78, 5) is 50.3. The van der Waals surface area contributed by atoms with Crippen molar-refractivity contribution < 1.29 is 28.0 Å². The van der Waals surface area contributed by atoms with Crippen LogP contribution in [0.3, 0.4) is 0 Å². The Balaban J connectivity index is 0.000000201. The fourth-order valence-electron chi connectivity index (χ4n) is 3.99. The summed E-state index contributed by atoms with van der Waals surface area (Å²) in [6.07, 6.45) is 5.11. The number of carbonyl (C=O) groups excluding carboxylic acids is 4. The third-order valence-electron chi connectivity index (χ3n) is 5.78. The first-order valence-corrected chi connectivity index (χ1v) is 11.8. The lowest BCUT2D eigenvalue weighted by Crippen LogP contribution is -2.30. The van der Waals surface area contributed by atoms with Crippen LogP contribution in [0.15, 0.2) is 72.3 Å². The van der Waals surface area contributed by atoms with Crippen molar-refractivity contribution in [1.82, 2.24) is 9.80 Å². The minimum Gasteiger partial charge on any atom is -0.274 e. The van der Waals surface area contributed by atoms with Gasteiger partial charge in [-0.25, -0.2) is 8.78 Å². The Bertz CT molecular complexity index is 1060. The van der Waals surface area contributed by atoms with E-state index < -0.39 is 0 Å². The Morgan fingerprint density at radius 1 is 0.611 bits per heavy atom. The molecule has 2 aromatic carbocycles. The minimum absolute atomic E-state index is 0.239. The van der Waals surface area contributed by atoms with Gasteiger partial charge in [-0.05, 0) is 63.8 Å². The summed E-state index contributed by atoms with van der Waals surface area (Å²) in [6, 6.07) is 13.6. The molecule has 0 saturated heterocycles. The third kappa shape index (κ3) is 6.19. The standard InChI is InChI=1S/2C14H14FNO2/c2*1-10(15)6-4-5-9-16-13(17)11-7-2-3-8-12(11)14(16)18/h2*2-3,6-8H,4-5,9H2,1H3/b10-6+;10-6-. The van der Waals surface area contributed by atoms with Gasteiger partial charge in [0.1, 0.15) is 0 Å². The van der Waals surface area contributed by atoms with E-state index in [4.69, 9.17) is 0 Å². The number of allylic oxidation sites excluding steroid dienone is 4. The van der Waals surface area contributed by atoms with E-state index in [1.165, 1.54) is 35.8 Å². The van der Waals surface area contributed by atoms with Gasteiger partial charge in [-0.15, -0.1) is 0 Å². The predicted molar refractivity (Wildman–Crippen MR) is 132 cm³/mol. The average molecular weight is 495 g/mol. The number of nitrogens with zero attached hydrogens (tertiary/aromatic N) is 2. The van der Waals surface area contributed by atoms with Crippen molar-refractivity contribution in [2.24, 2.45) is 0 Å². The van der Waals surface area contributed by atoms with E-state index in [0.717, 1.165) is 0 Å². The molecule has 4 amide bonds. The molecule has 0 saturated carbocycles. The van der Waals surface area contributed by atoms with Gasteiger partial charge >= 0.3 is 0 Å². The zero-order chi connectivity index (χ0) is 26.2. The number of carbonyl (C=O) groups is 4. The SMILES string of the molecule is C/C(F)=C/CCCN1C(=O)c2ccccc2C1=O.C/C(F)=C\CCCN1C(=O)c2ccccc2C1=O. The Labute approximate surface area is 208 Å². The Morgan fingerprint density at radius 2 is 0.889 bits per heavy atom. The van der Waals surface area contributed by atoms with Crippen molar-refractivity contribution in [3.63, 3.8) is 0 Å². The molecule has 0 aromatic heterocycles. The first-order valence-electron chi connectivity index (χ1n) is 11.8. The summed E-state index contributed by atoms with van der Waals surface area (Å²) >= 11 is 0. The van der Waals surface area contributed by atoms with Crippen molar-refractivity contribution in [2.75, 3.05) is 13.1 Å². The van der Waals surface area contributed by atoms with Gasteiger partial charge in [0.15, 0.2) is 0 Å². The fourth-order valence-corrected chi connectivity index (χ4v) is 3.99. The largest absolute Gasteiger partial charge is 0.274 e. The Hall–Kier alpha value is -3.94. The van der Waals surface area contributed by atoms with Crippen LogP contribution in [-0.2, 0) is 0 Å². The van der Waals surface area contributed by atoms with Gasteiger partial charge in [0.25, 0.3) is 23.6 Å². The number of fused-ring (bicyclic) bond motifs is 2. The molecule has 188 valence electrons. The van der Waals surface area contributed by atoms with E-state index in [9.17, 15) is 28.0 Å². The van der Waals surface area contributed by atoms with Crippen LogP contribution in [0.1, 0.15) is 81.0 Å². The molecule has 36 heavy (non-hydrogen) atoms. The summed E-state index contributed by atoms with van der Waals surface area (Å²) in [5.74, 6) is -1.49. The second-order valence-corrected chi connectivity index (χ2v) is 8.48. The first-order chi connectivity index (χ1) is 17.2. The van der Waals surface area contributed by atoms with Crippen molar-refractivity contribution in [1.29, 1.82) is 0 Å². The maximum atomic E-state index is 12.5. The number of rotatable bonds is 8. The van der Waals surface area contributed by atoms with Gasteiger partial charge in [-0.1, -0.05) is 36.4 Å². The van der Waals surface area contributed by atoms with E-state index in [1.807, 2.05) is 0 Å². The zero-order valence-electron chi connectivity index (χ0n) is 20.3. The number of benzene rings is 2. The highest BCUT2D eigenvalue weighted by atomic mass is 19.1. The lowest BCUT2D eigenvalue weighted by atomic mass is 10.1. The van der Waals surface area contributed by atoms with Crippen molar-refractivity contribution in [3.8, 4) is 0 Å². The van der Waals surface area contributed by atoms with Crippen LogP contribution in [0.5, 0.6) is 0 Å². The van der Waals surface area contributed by atoms with Crippen LogP contribution in [0, 0.1) is 0 Å². The highest BCUT2D eigenvalue weighted by molar-refractivity contribution is 6.22. The van der Waals surface area contributed by atoms with Crippen molar-refractivity contribution in [2.45, 2.75) is 39.5 Å². The maximum Gasteiger partial charge on any atom is 0.261 e.